The quantitative estimate of drug-likeness (QED) is 0.173. The average Bonchev–Trinajstić information content (AvgIpc) is 3.88. The average molecular weight is 693 g/mol. The maximum absolute atomic E-state index is 5.45. The zero-order valence-corrected chi connectivity index (χ0v) is 29.2. The summed E-state index contributed by atoms with van der Waals surface area (Å²) in [4.78, 5) is 11.8. The van der Waals surface area contributed by atoms with Crippen LogP contribution in [0.3, 0.4) is 0 Å². The number of hydrogen-bond acceptors (Lipinski definition) is 3. The Morgan fingerprint density at radius 3 is 1.72 bits per heavy atom. The molecule has 0 aliphatic carbocycles. The maximum Gasteiger partial charge on any atom is 0.236 e. The van der Waals surface area contributed by atoms with Gasteiger partial charge < -0.3 is 4.57 Å². The SMILES string of the molecule is c1ccc(-c2nc(-n3c4ccccc4c4c5c6ccccc6n(-c6cc7ccccc7c7ccccc67)c5ccc43)nc3sc4ccccc4c23)cc1. The highest BCUT2D eigenvalue weighted by Crippen LogP contribution is 2.45. The number of aromatic nitrogens is 4. The molecule has 12 aromatic rings. The summed E-state index contributed by atoms with van der Waals surface area (Å²) >= 11 is 1.73. The van der Waals surface area contributed by atoms with E-state index in [-0.39, 0.29) is 0 Å². The molecule has 0 fully saturated rings. The summed E-state index contributed by atoms with van der Waals surface area (Å²) in [6.45, 7) is 0. The molecule has 0 amide bonds. The van der Waals surface area contributed by atoms with Crippen molar-refractivity contribution in [2.75, 3.05) is 0 Å². The summed E-state index contributed by atoms with van der Waals surface area (Å²) in [5.41, 5.74) is 7.74. The molecule has 5 heteroatoms. The van der Waals surface area contributed by atoms with Gasteiger partial charge in [-0.25, -0.2) is 9.97 Å². The number of thiophene rings is 1. The third-order valence-corrected chi connectivity index (χ3v) is 12.0. The molecule has 4 aromatic heterocycles. The second kappa shape index (κ2) is 10.8. The standard InChI is InChI=1S/C48H28N4S/c1-2-14-29(15-3-1)46-45-36-22-10-13-25-42(36)53-47(45)50-48(49-46)52-38-24-12-9-21-35(38)44-40(52)27-26-39-43(44)34-20-8-11-23-37(34)51(39)41-28-30-16-4-5-17-31(30)32-18-6-7-19-33(32)41/h1-28H. The molecular formula is C48H28N4S. The van der Waals surface area contributed by atoms with Gasteiger partial charge in [0, 0.05) is 48.0 Å². The van der Waals surface area contributed by atoms with Crippen LogP contribution in [0.5, 0.6) is 0 Å². The number of nitrogens with zero attached hydrogens (tertiary/aromatic N) is 4. The highest BCUT2D eigenvalue weighted by atomic mass is 32.1. The van der Waals surface area contributed by atoms with Crippen LogP contribution in [0.4, 0.5) is 0 Å². The fourth-order valence-electron chi connectivity index (χ4n) is 8.73. The van der Waals surface area contributed by atoms with E-state index < -0.39 is 0 Å². The summed E-state index contributed by atoms with van der Waals surface area (Å²) < 4.78 is 5.96. The van der Waals surface area contributed by atoms with Crippen LogP contribution in [0, 0.1) is 0 Å². The van der Waals surface area contributed by atoms with Crippen LogP contribution in [-0.2, 0) is 0 Å². The van der Waals surface area contributed by atoms with Gasteiger partial charge in [-0.15, -0.1) is 11.3 Å². The smallest absolute Gasteiger partial charge is 0.236 e. The van der Waals surface area contributed by atoms with Crippen molar-refractivity contribution in [3.63, 3.8) is 0 Å². The number of benzene rings is 8. The molecule has 0 N–H and O–H groups in total. The minimum Gasteiger partial charge on any atom is -0.309 e. The first-order valence-corrected chi connectivity index (χ1v) is 18.7. The molecule has 0 aliphatic heterocycles. The second-order valence-electron chi connectivity index (χ2n) is 13.7. The molecule has 0 saturated carbocycles. The van der Waals surface area contributed by atoms with Crippen LogP contribution in [0.2, 0.25) is 0 Å². The molecule has 0 radical (unpaired) electrons. The molecular weight excluding hydrogens is 665 g/mol. The van der Waals surface area contributed by atoms with Crippen molar-refractivity contribution in [2.24, 2.45) is 0 Å². The molecule has 0 aliphatic rings. The fourth-order valence-corrected chi connectivity index (χ4v) is 9.80. The third-order valence-electron chi connectivity index (χ3n) is 10.9. The van der Waals surface area contributed by atoms with Crippen molar-refractivity contribution >= 4 is 96.8 Å². The Labute approximate surface area is 307 Å². The Bertz CT molecular complexity index is 3460. The van der Waals surface area contributed by atoms with Crippen molar-refractivity contribution in [1.82, 2.24) is 19.1 Å². The van der Waals surface area contributed by atoms with E-state index in [0.29, 0.717) is 5.95 Å². The number of rotatable bonds is 3. The van der Waals surface area contributed by atoms with Crippen LogP contribution in [0.25, 0.3) is 108 Å². The Kier molecular flexibility index (Phi) is 5.90. The highest BCUT2D eigenvalue weighted by Gasteiger charge is 2.24. The first-order chi connectivity index (χ1) is 26.3. The monoisotopic (exact) mass is 692 g/mol. The number of para-hydroxylation sites is 2. The molecule has 0 saturated heterocycles. The first-order valence-electron chi connectivity index (χ1n) is 17.9. The molecule has 0 atom stereocenters. The lowest BCUT2D eigenvalue weighted by Crippen LogP contribution is -2.02. The van der Waals surface area contributed by atoms with Crippen molar-refractivity contribution < 1.29 is 0 Å². The van der Waals surface area contributed by atoms with Gasteiger partial charge >= 0.3 is 0 Å². The molecule has 12 rings (SSSR count). The van der Waals surface area contributed by atoms with Crippen molar-refractivity contribution in [1.29, 1.82) is 0 Å². The van der Waals surface area contributed by atoms with Crippen molar-refractivity contribution in [3.05, 3.63) is 170 Å². The molecule has 4 nitrogen and oxygen atoms in total. The van der Waals surface area contributed by atoms with E-state index in [1.165, 1.54) is 69.9 Å². The lowest BCUT2D eigenvalue weighted by Gasteiger charge is -2.14. The summed E-state index contributed by atoms with van der Waals surface area (Å²) in [6, 6.07) is 61.1. The van der Waals surface area contributed by atoms with E-state index >= 15 is 0 Å². The van der Waals surface area contributed by atoms with Gasteiger partial charge in [0.15, 0.2) is 0 Å². The van der Waals surface area contributed by atoms with Crippen LogP contribution in [0.1, 0.15) is 0 Å². The number of fused-ring (bicyclic) bond motifs is 13. The largest absolute Gasteiger partial charge is 0.309 e. The van der Waals surface area contributed by atoms with E-state index in [2.05, 4.69) is 179 Å². The molecule has 4 heterocycles. The van der Waals surface area contributed by atoms with Gasteiger partial charge in [0.2, 0.25) is 5.95 Å². The topological polar surface area (TPSA) is 35.6 Å². The lowest BCUT2D eigenvalue weighted by atomic mass is 10.00. The van der Waals surface area contributed by atoms with E-state index in [9.17, 15) is 0 Å². The molecule has 0 unspecified atom stereocenters. The maximum atomic E-state index is 5.45. The van der Waals surface area contributed by atoms with Gasteiger partial charge in [0.25, 0.3) is 0 Å². The van der Waals surface area contributed by atoms with Crippen LogP contribution in [-0.4, -0.2) is 19.1 Å². The number of hydrogen-bond donors (Lipinski definition) is 0. The fraction of sp³-hybridized carbons (Fsp3) is 0. The lowest BCUT2D eigenvalue weighted by molar-refractivity contribution is 1.02. The Hall–Kier alpha value is -6.82. The molecule has 8 aromatic carbocycles. The minimum atomic E-state index is 0.678. The molecule has 0 spiro atoms. The summed E-state index contributed by atoms with van der Waals surface area (Å²) in [5, 5.41) is 12.1. The van der Waals surface area contributed by atoms with Crippen LogP contribution >= 0.6 is 11.3 Å². The molecule has 246 valence electrons. The van der Waals surface area contributed by atoms with Gasteiger partial charge in [-0.2, -0.15) is 0 Å². The van der Waals surface area contributed by atoms with E-state index in [1.807, 2.05) is 0 Å². The van der Waals surface area contributed by atoms with Crippen LogP contribution in [0.15, 0.2) is 170 Å². The van der Waals surface area contributed by atoms with E-state index in [1.54, 1.807) is 11.3 Å². The van der Waals surface area contributed by atoms with E-state index in [0.717, 1.165) is 32.5 Å². The Morgan fingerprint density at radius 1 is 0.396 bits per heavy atom. The Balaban J connectivity index is 1.22. The second-order valence-corrected chi connectivity index (χ2v) is 14.8. The van der Waals surface area contributed by atoms with Gasteiger partial charge in [-0.1, -0.05) is 133 Å². The van der Waals surface area contributed by atoms with Gasteiger partial charge in [-0.3, -0.25) is 4.57 Å². The third kappa shape index (κ3) is 4.00. The summed E-state index contributed by atoms with van der Waals surface area (Å²) in [7, 11) is 0. The summed E-state index contributed by atoms with van der Waals surface area (Å²) in [6.07, 6.45) is 0. The van der Waals surface area contributed by atoms with Crippen molar-refractivity contribution in [3.8, 4) is 22.9 Å². The van der Waals surface area contributed by atoms with Crippen molar-refractivity contribution in [2.45, 2.75) is 0 Å². The van der Waals surface area contributed by atoms with E-state index in [4.69, 9.17) is 9.97 Å². The zero-order valence-electron chi connectivity index (χ0n) is 28.4. The predicted octanol–water partition coefficient (Wildman–Crippen LogP) is 13.0. The minimum absolute atomic E-state index is 0.678. The zero-order chi connectivity index (χ0) is 34.6. The van der Waals surface area contributed by atoms with Gasteiger partial charge in [0.1, 0.15) is 4.83 Å². The van der Waals surface area contributed by atoms with Crippen LogP contribution < -0.4 is 0 Å². The Morgan fingerprint density at radius 2 is 0.962 bits per heavy atom. The molecule has 0 bridgehead atoms. The molecule has 53 heavy (non-hydrogen) atoms. The normalized spacial score (nSPS) is 12.2. The first kappa shape index (κ1) is 28.8. The highest BCUT2D eigenvalue weighted by molar-refractivity contribution is 7.25. The summed E-state index contributed by atoms with van der Waals surface area (Å²) in [5.74, 6) is 0.678. The van der Waals surface area contributed by atoms with Gasteiger partial charge in [0.05, 0.1) is 33.4 Å². The predicted molar refractivity (Wildman–Crippen MR) is 224 cm³/mol. The van der Waals surface area contributed by atoms with Gasteiger partial charge in [-0.05, 0) is 52.6 Å².